The van der Waals surface area contributed by atoms with Gasteiger partial charge in [0.1, 0.15) is 5.75 Å². The number of rotatable bonds is 3. The van der Waals surface area contributed by atoms with Crippen molar-refractivity contribution in [2.24, 2.45) is 0 Å². The van der Waals surface area contributed by atoms with Crippen LogP contribution in [0, 0.1) is 11.3 Å². The maximum absolute atomic E-state index is 12.2. The summed E-state index contributed by atoms with van der Waals surface area (Å²) < 4.78 is 0. The SMILES string of the molecule is N#CCc1ccccc1C(=O)Nc1cc(Cl)ccc1O. The lowest BCUT2D eigenvalue weighted by molar-refractivity contribution is 0.102. The first-order chi connectivity index (χ1) is 9.61. The fraction of sp³-hybridized carbons (Fsp3) is 0.0667. The van der Waals surface area contributed by atoms with Gasteiger partial charge in [0.05, 0.1) is 18.2 Å². The molecule has 0 aliphatic heterocycles. The van der Waals surface area contributed by atoms with E-state index < -0.39 is 5.91 Å². The number of carbonyl (C=O) groups excluding carboxylic acids is 1. The second kappa shape index (κ2) is 6.09. The smallest absolute Gasteiger partial charge is 0.256 e. The van der Waals surface area contributed by atoms with Crippen molar-refractivity contribution in [3.8, 4) is 11.8 Å². The molecule has 0 fully saturated rings. The molecule has 0 saturated carbocycles. The molecule has 4 nitrogen and oxygen atoms in total. The molecule has 2 N–H and O–H groups in total. The third kappa shape index (κ3) is 3.08. The fourth-order valence-electron chi connectivity index (χ4n) is 1.78. The average Bonchev–Trinajstić information content (AvgIpc) is 2.44. The van der Waals surface area contributed by atoms with Crippen molar-refractivity contribution in [3.05, 3.63) is 58.6 Å². The van der Waals surface area contributed by atoms with Crippen LogP contribution in [-0.4, -0.2) is 11.0 Å². The summed E-state index contributed by atoms with van der Waals surface area (Å²) in [4.78, 5) is 12.2. The third-order valence-electron chi connectivity index (χ3n) is 2.74. The minimum Gasteiger partial charge on any atom is -0.506 e. The topological polar surface area (TPSA) is 73.1 Å². The van der Waals surface area contributed by atoms with Crippen molar-refractivity contribution in [1.82, 2.24) is 0 Å². The van der Waals surface area contributed by atoms with Crippen LogP contribution in [0.25, 0.3) is 0 Å². The Balaban J connectivity index is 2.29. The quantitative estimate of drug-likeness (QED) is 0.850. The zero-order chi connectivity index (χ0) is 14.5. The van der Waals surface area contributed by atoms with Gasteiger partial charge in [0.2, 0.25) is 0 Å². The molecule has 0 aliphatic carbocycles. The van der Waals surface area contributed by atoms with Gasteiger partial charge in [-0.05, 0) is 29.8 Å². The predicted octanol–water partition coefficient (Wildman–Crippen LogP) is 3.36. The van der Waals surface area contributed by atoms with E-state index in [4.69, 9.17) is 16.9 Å². The first kappa shape index (κ1) is 13.9. The van der Waals surface area contributed by atoms with Crippen LogP contribution in [0.1, 0.15) is 15.9 Å². The van der Waals surface area contributed by atoms with Crippen LogP contribution in [0.5, 0.6) is 5.75 Å². The highest BCUT2D eigenvalue weighted by Gasteiger charge is 2.12. The van der Waals surface area contributed by atoms with Crippen LogP contribution in [0.15, 0.2) is 42.5 Å². The van der Waals surface area contributed by atoms with E-state index in [0.717, 1.165) is 0 Å². The lowest BCUT2D eigenvalue weighted by atomic mass is 10.0. The Labute approximate surface area is 121 Å². The molecule has 0 radical (unpaired) electrons. The highest BCUT2D eigenvalue weighted by molar-refractivity contribution is 6.31. The van der Waals surface area contributed by atoms with Gasteiger partial charge in [-0.1, -0.05) is 29.8 Å². The second-order valence-electron chi connectivity index (χ2n) is 4.11. The molecule has 1 amide bonds. The van der Waals surface area contributed by atoms with Gasteiger partial charge in [-0.3, -0.25) is 4.79 Å². The monoisotopic (exact) mass is 286 g/mol. The Morgan fingerprint density at radius 2 is 2.05 bits per heavy atom. The molecule has 2 aromatic carbocycles. The predicted molar refractivity (Wildman–Crippen MR) is 76.8 cm³/mol. The number of benzene rings is 2. The summed E-state index contributed by atoms with van der Waals surface area (Å²) in [6, 6.07) is 13.2. The molecule has 0 spiro atoms. The van der Waals surface area contributed by atoms with Crippen LogP contribution >= 0.6 is 11.6 Å². The molecule has 2 aromatic rings. The number of halogens is 1. The number of nitriles is 1. The summed E-state index contributed by atoms with van der Waals surface area (Å²) in [5, 5.41) is 21.4. The van der Waals surface area contributed by atoms with E-state index >= 15 is 0 Å². The Morgan fingerprint density at radius 1 is 1.30 bits per heavy atom. The number of phenolic OH excluding ortho intramolecular Hbond substituents is 1. The molecule has 0 heterocycles. The molecule has 0 aromatic heterocycles. The summed E-state index contributed by atoms with van der Waals surface area (Å²) in [6.45, 7) is 0. The van der Waals surface area contributed by atoms with Crippen LogP contribution in [-0.2, 0) is 6.42 Å². The summed E-state index contributed by atoms with van der Waals surface area (Å²) in [5.74, 6) is -0.464. The van der Waals surface area contributed by atoms with Crippen molar-refractivity contribution in [3.63, 3.8) is 0 Å². The maximum atomic E-state index is 12.2. The maximum Gasteiger partial charge on any atom is 0.256 e. The van der Waals surface area contributed by atoms with E-state index in [1.807, 2.05) is 6.07 Å². The van der Waals surface area contributed by atoms with E-state index in [9.17, 15) is 9.90 Å². The molecule has 100 valence electrons. The number of anilines is 1. The average molecular weight is 287 g/mol. The van der Waals surface area contributed by atoms with E-state index in [1.54, 1.807) is 24.3 Å². The number of hydrogen-bond donors (Lipinski definition) is 2. The van der Waals surface area contributed by atoms with E-state index in [0.29, 0.717) is 16.1 Å². The molecule has 2 rings (SSSR count). The van der Waals surface area contributed by atoms with Gasteiger partial charge >= 0.3 is 0 Å². The van der Waals surface area contributed by atoms with Crippen LogP contribution in [0.2, 0.25) is 5.02 Å². The highest BCUT2D eigenvalue weighted by Crippen LogP contribution is 2.27. The van der Waals surface area contributed by atoms with Crippen molar-refractivity contribution < 1.29 is 9.90 Å². The molecule has 0 aliphatic rings. The minimum absolute atomic E-state index is 0.0690. The van der Waals surface area contributed by atoms with Crippen LogP contribution in [0.3, 0.4) is 0 Å². The number of phenols is 1. The van der Waals surface area contributed by atoms with Crippen molar-refractivity contribution in [2.45, 2.75) is 6.42 Å². The van der Waals surface area contributed by atoms with Gasteiger partial charge in [-0.2, -0.15) is 5.26 Å². The van der Waals surface area contributed by atoms with E-state index in [1.165, 1.54) is 18.2 Å². The van der Waals surface area contributed by atoms with Gasteiger partial charge in [0.25, 0.3) is 5.91 Å². The molecular weight excluding hydrogens is 276 g/mol. The zero-order valence-corrected chi connectivity index (χ0v) is 11.2. The number of nitrogens with zero attached hydrogens (tertiary/aromatic N) is 1. The Hall–Kier alpha value is -2.51. The lowest BCUT2D eigenvalue weighted by Crippen LogP contribution is -2.14. The normalized spacial score (nSPS) is 9.80. The van der Waals surface area contributed by atoms with Gasteiger partial charge in [-0.25, -0.2) is 0 Å². The Kier molecular flexibility index (Phi) is 4.24. The van der Waals surface area contributed by atoms with Crippen molar-refractivity contribution in [1.29, 1.82) is 5.26 Å². The van der Waals surface area contributed by atoms with Gasteiger partial charge in [0.15, 0.2) is 0 Å². The largest absolute Gasteiger partial charge is 0.506 e. The number of amides is 1. The molecular formula is C15H11ClN2O2. The van der Waals surface area contributed by atoms with Crippen molar-refractivity contribution in [2.75, 3.05) is 5.32 Å². The van der Waals surface area contributed by atoms with Gasteiger partial charge in [-0.15, -0.1) is 0 Å². The molecule has 0 saturated heterocycles. The third-order valence-corrected chi connectivity index (χ3v) is 2.97. The van der Waals surface area contributed by atoms with Crippen LogP contribution < -0.4 is 5.32 Å². The first-order valence-corrected chi connectivity index (χ1v) is 6.24. The fourth-order valence-corrected chi connectivity index (χ4v) is 1.95. The minimum atomic E-state index is -0.395. The summed E-state index contributed by atoms with van der Waals surface area (Å²) >= 11 is 5.82. The molecule has 20 heavy (non-hydrogen) atoms. The standard InChI is InChI=1S/C15H11ClN2O2/c16-11-5-6-14(19)13(9-11)18-15(20)12-4-2-1-3-10(12)7-8-17/h1-6,9,19H,7H2,(H,18,20). The number of carbonyl (C=O) groups is 1. The number of hydrogen-bond acceptors (Lipinski definition) is 3. The summed E-state index contributed by atoms with van der Waals surface area (Å²) in [5.41, 5.74) is 1.26. The molecule has 0 unspecified atom stereocenters. The Bertz CT molecular complexity index is 693. The summed E-state index contributed by atoms with van der Waals surface area (Å²) in [6.07, 6.45) is 0.144. The van der Waals surface area contributed by atoms with E-state index in [2.05, 4.69) is 5.32 Å². The van der Waals surface area contributed by atoms with E-state index in [-0.39, 0.29) is 17.9 Å². The molecule has 5 heteroatoms. The molecule has 0 bridgehead atoms. The first-order valence-electron chi connectivity index (χ1n) is 5.86. The molecule has 0 atom stereocenters. The van der Waals surface area contributed by atoms with Gasteiger partial charge in [0, 0.05) is 10.6 Å². The zero-order valence-electron chi connectivity index (χ0n) is 10.4. The van der Waals surface area contributed by atoms with Gasteiger partial charge < -0.3 is 10.4 Å². The summed E-state index contributed by atoms with van der Waals surface area (Å²) in [7, 11) is 0. The number of nitrogens with one attached hydrogen (secondary N) is 1. The highest BCUT2D eigenvalue weighted by atomic mass is 35.5. The second-order valence-corrected chi connectivity index (χ2v) is 4.54. The lowest BCUT2D eigenvalue weighted by Gasteiger charge is -2.10. The van der Waals surface area contributed by atoms with Crippen molar-refractivity contribution >= 4 is 23.2 Å². The van der Waals surface area contributed by atoms with Crippen LogP contribution in [0.4, 0.5) is 5.69 Å². The number of aromatic hydroxyl groups is 1. The Morgan fingerprint density at radius 3 is 2.80 bits per heavy atom.